The molecule has 2 heterocycles. The maximum atomic E-state index is 13.5. The molecule has 2 aromatic rings. The Balaban J connectivity index is 2.56. The monoisotopic (exact) mass is 251 g/mol. The first-order valence-corrected chi connectivity index (χ1v) is 5.28. The molecule has 18 heavy (non-hydrogen) atoms. The Bertz CT molecular complexity index is 764. The molecule has 0 atom stereocenters. The molecule has 0 radical (unpaired) electrons. The maximum Gasteiger partial charge on any atom is 0.341 e. The molecule has 3 rings (SSSR count). The number of hydrogen-bond donors (Lipinski definition) is 1. The van der Waals surface area contributed by atoms with Gasteiger partial charge in [-0.3, -0.25) is 4.79 Å². The predicted octanol–water partition coefficient (Wildman–Crippen LogP) is 1.53. The topological polar surface area (TPSA) is 59.3 Å². The fourth-order valence-corrected chi connectivity index (χ4v) is 2.38. The summed E-state index contributed by atoms with van der Waals surface area (Å²) >= 11 is 0. The molecule has 1 aromatic carbocycles. The Hall–Kier alpha value is -2.24. The smallest absolute Gasteiger partial charge is 0.341 e. The molecule has 0 amide bonds. The number of carboxylic acids is 1. The van der Waals surface area contributed by atoms with Crippen LogP contribution in [0.5, 0.6) is 0 Å². The number of carbonyl (C=O) groups is 1. The third-order valence-electron chi connectivity index (χ3n) is 3.18. The largest absolute Gasteiger partial charge is 0.477 e. The lowest BCUT2D eigenvalue weighted by molar-refractivity contribution is 0.0695. The third kappa shape index (κ3) is 1.23. The maximum absolute atomic E-state index is 13.5. The molecule has 0 saturated carbocycles. The highest BCUT2D eigenvalue weighted by molar-refractivity contribution is 5.94. The number of nitrogens with zero attached hydrogens (tertiary/aromatic N) is 1. The van der Waals surface area contributed by atoms with Crippen molar-refractivity contribution in [1.29, 1.82) is 0 Å². The molecule has 1 aromatic heterocycles. The van der Waals surface area contributed by atoms with Crippen LogP contribution in [0.15, 0.2) is 17.1 Å². The van der Waals surface area contributed by atoms with Crippen LogP contribution in [-0.4, -0.2) is 15.6 Å². The average Bonchev–Trinajstić information content (AvgIpc) is 2.73. The normalized spacial score (nSPS) is 13.2. The number of aryl methyl sites for hydroxylation is 2. The summed E-state index contributed by atoms with van der Waals surface area (Å²) in [6, 6.07) is 0.769. The summed E-state index contributed by atoms with van der Waals surface area (Å²) < 4.78 is 28.4. The van der Waals surface area contributed by atoms with Gasteiger partial charge in [0.15, 0.2) is 11.6 Å². The summed E-state index contributed by atoms with van der Waals surface area (Å²) in [4.78, 5) is 22.8. The van der Waals surface area contributed by atoms with Crippen molar-refractivity contribution in [3.8, 4) is 0 Å². The Labute approximate surface area is 99.1 Å². The number of hydrogen-bond acceptors (Lipinski definition) is 2. The van der Waals surface area contributed by atoms with E-state index in [1.165, 1.54) is 10.8 Å². The molecule has 0 unspecified atom stereocenters. The molecule has 0 saturated heterocycles. The number of pyridine rings is 1. The Morgan fingerprint density at radius 3 is 2.78 bits per heavy atom. The van der Waals surface area contributed by atoms with Crippen molar-refractivity contribution in [1.82, 2.24) is 4.57 Å². The van der Waals surface area contributed by atoms with Crippen LogP contribution in [0.3, 0.4) is 0 Å². The molecule has 0 aliphatic carbocycles. The van der Waals surface area contributed by atoms with Gasteiger partial charge in [0, 0.05) is 23.7 Å². The number of rotatable bonds is 1. The summed E-state index contributed by atoms with van der Waals surface area (Å²) in [7, 11) is 0. The van der Waals surface area contributed by atoms with Crippen LogP contribution in [-0.2, 0) is 13.0 Å². The zero-order valence-corrected chi connectivity index (χ0v) is 9.04. The number of halogens is 2. The Morgan fingerprint density at radius 2 is 2.11 bits per heavy atom. The van der Waals surface area contributed by atoms with Gasteiger partial charge in [-0.05, 0) is 12.5 Å². The number of benzene rings is 1. The predicted molar refractivity (Wildman–Crippen MR) is 58.8 cm³/mol. The second kappa shape index (κ2) is 3.38. The number of carboxylic acid groups (broad SMARTS) is 1. The van der Waals surface area contributed by atoms with E-state index in [9.17, 15) is 18.4 Å². The molecule has 4 nitrogen and oxygen atoms in total. The van der Waals surface area contributed by atoms with Crippen molar-refractivity contribution < 1.29 is 18.7 Å². The lowest BCUT2D eigenvalue weighted by atomic mass is 10.1. The van der Waals surface area contributed by atoms with Gasteiger partial charge in [0.25, 0.3) is 0 Å². The van der Waals surface area contributed by atoms with E-state index in [0.717, 1.165) is 6.07 Å². The van der Waals surface area contributed by atoms with E-state index in [4.69, 9.17) is 5.11 Å². The van der Waals surface area contributed by atoms with Gasteiger partial charge in [0.1, 0.15) is 5.56 Å². The zero-order chi connectivity index (χ0) is 13.0. The fraction of sp³-hybridized carbons (Fsp3) is 0.167. The molecule has 0 spiro atoms. The number of aromatic carboxylic acids is 1. The third-order valence-corrected chi connectivity index (χ3v) is 3.18. The van der Waals surface area contributed by atoms with Crippen LogP contribution in [0.25, 0.3) is 10.9 Å². The minimum Gasteiger partial charge on any atom is -0.477 e. The quantitative estimate of drug-likeness (QED) is 0.836. The minimum atomic E-state index is -1.37. The van der Waals surface area contributed by atoms with Crippen molar-refractivity contribution in [2.24, 2.45) is 0 Å². The highest BCUT2D eigenvalue weighted by Gasteiger charge is 2.24. The van der Waals surface area contributed by atoms with E-state index < -0.39 is 28.6 Å². The Kier molecular flexibility index (Phi) is 2.04. The van der Waals surface area contributed by atoms with Crippen LogP contribution in [0.1, 0.15) is 15.9 Å². The highest BCUT2D eigenvalue weighted by atomic mass is 19.2. The van der Waals surface area contributed by atoms with Gasteiger partial charge in [-0.1, -0.05) is 0 Å². The lowest BCUT2D eigenvalue weighted by Crippen LogP contribution is -2.18. The van der Waals surface area contributed by atoms with Crippen molar-refractivity contribution in [2.45, 2.75) is 13.0 Å². The van der Waals surface area contributed by atoms with Gasteiger partial charge in [-0.15, -0.1) is 0 Å². The standard InChI is InChI=1S/C12H7F2NO3/c13-8-3-6-10-5(9(8)14)1-2-15(10)4-7(11(6)16)12(17)18/h3-4H,1-2H2,(H,17,18). The SMILES string of the molecule is O=C(O)c1cn2c3c(c(F)c(F)cc3c1=O)CC2. The van der Waals surface area contributed by atoms with Crippen LogP contribution in [0.4, 0.5) is 8.78 Å². The molecule has 1 aliphatic heterocycles. The van der Waals surface area contributed by atoms with E-state index in [2.05, 4.69) is 0 Å². The first-order chi connectivity index (χ1) is 8.50. The fourth-order valence-electron chi connectivity index (χ4n) is 2.38. The molecular weight excluding hydrogens is 244 g/mol. The summed E-state index contributed by atoms with van der Waals surface area (Å²) in [5.41, 5.74) is -0.778. The summed E-state index contributed by atoms with van der Waals surface area (Å²) in [6.45, 7) is 0.340. The summed E-state index contributed by atoms with van der Waals surface area (Å²) in [5, 5.41) is 8.82. The molecule has 92 valence electrons. The van der Waals surface area contributed by atoms with Crippen LogP contribution in [0.2, 0.25) is 0 Å². The molecule has 0 fully saturated rings. The van der Waals surface area contributed by atoms with E-state index >= 15 is 0 Å². The van der Waals surface area contributed by atoms with Crippen LogP contribution in [0, 0.1) is 11.6 Å². The number of aromatic nitrogens is 1. The summed E-state index contributed by atoms with van der Waals surface area (Å²) in [6.07, 6.45) is 1.43. The average molecular weight is 251 g/mol. The second-order valence-electron chi connectivity index (χ2n) is 4.17. The molecule has 1 N–H and O–H groups in total. The molecule has 0 bridgehead atoms. The van der Waals surface area contributed by atoms with Gasteiger partial charge in [-0.25, -0.2) is 13.6 Å². The van der Waals surface area contributed by atoms with E-state index in [1.807, 2.05) is 0 Å². The van der Waals surface area contributed by atoms with E-state index in [1.54, 1.807) is 0 Å². The van der Waals surface area contributed by atoms with Crippen LogP contribution >= 0.6 is 0 Å². The van der Waals surface area contributed by atoms with E-state index in [0.29, 0.717) is 12.1 Å². The minimum absolute atomic E-state index is 0.0821. The summed E-state index contributed by atoms with van der Waals surface area (Å²) in [5.74, 6) is -3.45. The Morgan fingerprint density at radius 1 is 1.39 bits per heavy atom. The van der Waals surface area contributed by atoms with Gasteiger partial charge in [-0.2, -0.15) is 0 Å². The first-order valence-electron chi connectivity index (χ1n) is 5.28. The van der Waals surface area contributed by atoms with Crippen molar-refractivity contribution in [3.05, 3.63) is 45.2 Å². The van der Waals surface area contributed by atoms with Gasteiger partial charge in [0.2, 0.25) is 5.43 Å². The molecular formula is C12H7F2NO3. The zero-order valence-electron chi connectivity index (χ0n) is 9.04. The van der Waals surface area contributed by atoms with E-state index in [-0.39, 0.29) is 17.4 Å². The van der Waals surface area contributed by atoms with Crippen LogP contribution < -0.4 is 5.43 Å². The van der Waals surface area contributed by atoms with Crippen molar-refractivity contribution in [3.63, 3.8) is 0 Å². The molecule has 6 heteroatoms. The van der Waals surface area contributed by atoms with Crippen molar-refractivity contribution in [2.75, 3.05) is 0 Å². The lowest BCUT2D eigenvalue weighted by Gasteiger charge is -2.07. The van der Waals surface area contributed by atoms with Gasteiger partial charge < -0.3 is 9.67 Å². The van der Waals surface area contributed by atoms with Gasteiger partial charge in [0.05, 0.1) is 5.52 Å². The second-order valence-corrected chi connectivity index (χ2v) is 4.17. The first kappa shape index (κ1) is 10.9. The highest BCUT2D eigenvalue weighted by Crippen LogP contribution is 2.28. The molecule has 1 aliphatic rings. The van der Waals surface area contributed by atoms with Crippen molar-refractivity contribution >= 4 is 16.9 Å². The van der Waals surface area contributed by atoms with Gasteiger partial charge >= 0.3 is 5.97 Å².